The number of aromatic nitrogens is 2. The number of nitrogens with one attached hydrogen (secondary N) is 1. The predicted molar refractivity (Wildman–Crippen MR) is 94.2 cm³/mol. The molecule has 0 amide bonds. The largest absolute Gasteiger partial charge is 0.339 e. The van der Waals surface area contributed by atoms with Crippen LogP contribution in [0.1, 0.15) is 49.0 Å². The third-order valence-electron chi connectivity index (χ3n) is 4.29. The first-order valence-corrected chi connectivity index (χ1v) is 10.0. The molecule has 25 heavy (non-hydrogen) atoms. The molecule has 0 spiro atoms. The normalized spacial score (nSPS) is 15.5. The van der Waals surface area contributed by atoms with Gasteiger partial charge < -0.3 is 4.52 Å². The van der Waals surface area contributed by atoms with E-state index in [1.165, 1.54) is 9.87 Å². The molecule has 0 bridgehead atoms. The van der Waals surface area contributed by atoms with E-state index in [4.69, 9.17) is 4.52 Å². The van der Waals surface area contributed by atoms with Crippen molar-refractivity contribution in [1.82, 2.24) is 19.2 Å². The summed E-state index contributed by atoms with van der Waals surface area (Å²) in [7, 11) is -3.47. The van der Waals surface area contributed by atoms with Gasteiger partial charge in [0.25, 0.3) is 10.2 Å². The quantitative estimate of drug-likeness (QED) is 0.759. The Morgan fingerprint density at radius 1 is 1.28 bits per heavy atom. The lowest BCUT2D eigenvalue weighted by molar-refractivity contribution is 0.366. The molecule has 0 saturated heterocycles. The van der Waals surface area contributed by atoms with Crippen molar-refractivity contribution in [2.45, 2.75) is 45.6 Å². The van der Waals surface area contributed by atoms with Crippen molar-refractivity contribution in [3.8, 4) is 0 Å². The Kier molecular flexibility index (Phi) is 5.51. The zero-order valence-corrected chi connectivity index (χ0v) is 15.4. The second-order valence-corrected chi connectivity index (χ2v) is 8.31. The summed E-state index contributed by atoms with van der Waals surface area (Å²) in [5, 5.41) is 3.90. The molecule has 2 heterocycles. The second kappa shape index (κ2) is 7.63. The van der Waals surface area contributed by atoms with Crippen molar-refractivity contribution >= 4 is 10.2 Å². The maximum absolute atomic E-state index is 12.5. The van der Waals surface area contributed by atoms with E-state index >= 15 is 0 Å². The number of rotatable bonds is 7. The number of hydrogen-bond acceptors (Lipinski definition) is 5. The van der Waals surface area contributed by atoms with Gasteiger partial charge in [0.2, 0.25) is 5.89 Å². The van der Waals surface area contributed by atoms with E-state index < -0.39 is 10.2 Å². The lowest BCUT2D eigenvalue weighted by atomic mass is 10.0. The van der Waals surface area contributed by atoms with Gasteiger partial charge in [0.15, 0.2) is 5.82 Å². The number of fused-ring (bicyclic) bond motifs is 1. The summed E-state index contributed by atoms with van der Waals surface area (Å²) in [4.78, 5) is 4.29. The maximum Gasteiger partial charge on any atom is 0.279 e. The molecule has 0 fully saturated rings. The van der Waals surface area contributed by atoms with Gasteiger partial charge in [-0.1, -0.05) is 43.3 Å². The fourth-order valence-electron chi connectivity index (χ4n) is 2.81. The highest BCUT2D eigenvalue weighted by molar-refractivity contribution is 7.87. The van der Waals surface area contributed by atoms with Gasteiger partial charge in [-0.3, -0.25) is 0 Å². The standard InChI is InChI=1S/C17H24N4O3S/c1-13(2)17-19-16(24-20-17)8-5-10-18-25(22,23)21-11-9-14-6-3-4-7-15(14)12-21/h3-4,6-7,13,18H,5,8-12H2,1-2H3. The molecule has 0 atom stereocenters. The molecule has 136 valence electrons. The molecule has 1 aliphatic rings. The van der Waals surface area contributed by atoms with Crippen LogP contribution >= 0.6 is 0 Å². The third-order valence-corrected chi connectivity index (χ3v) is 5.85. The van der Waals surface area contributed by atoms with E-state index in [-0.39, 0.29) is 5.92 Å². The first-order chi connectivity index (χ1) is 12.0. The fraction of sp³-hybridized carbons (Fsp3) is 0.529. The predicted octanol–water partition coefficient (Wildman–Crippen LogP) is 2.02. The molecule has 0 radical (unpaired) electrons. The van der Waals surface area contributed by atoms with E-state index in [1.807, 2.05) is 32.0 Å². The van der Waals surface area contributed by atoms with E-state index in [0.29, 0.717) is 44.2 Å². The van der Waals surface area contributed by atoms with Crippen LogP contribution in [0.3, 0.4) is 0 Å². The average molecular weight is 364 g/mol. The summed E-state index contributed by atoms with van der Waals surface area (Å²) < 4.78 is 34.3. The van der Waals surface area contributed by atoms with E-state index in [2.05, 4.69) is 20.9 Å². The highest BCUT2D eigenvalue weighted by Crippen LogP contribution is 2.20. The Morgan fingerprint density at radius 2 is 2.04 bits per heavy atom. The van der Waals surface area contributed by atoms with Crippen LogP contribution in [-0.4, -0.2) is 36.0 Å². The van der Waals surface area contributed by atoms with Crippen molar-refractivity contribution in [3.05, 3.63) is 47.1 Å². The van der Waals surface area contributed by atoms with Crippen molar-refractivity contribution in [3.63, 3.8) is 0 Å². The number of aryl methyl sites for hydroxylation is 1. The smallest absolute Gasteiger partial charge is 0.279 e. The Morgan fingerprint density at radius 3 is 2.76 bits per heavy atom. The Bertz CT molecular complexity index is 817. The minimum atomic E-state index is -3.47. The first-order valence-electron chi connectivity index (χ1n) is 8.59. The zero-order chi connectivity index (χ0) is 17.9. The van der Waals surface area contributed by atoms with Crippen molar-refractivity contribution < 1.29 is 12.9 Å². The van der Waals surface area contributed by atoms with Gasteiger partial charge in [0.05, 0.1) is 0 Å². The molecular weight excluding hydrogens is 340 g/mol. The van der Waals surface area contributed by atoms with Gasteiger partial charge in [0.1, 0.15) is 0 Å². The van der Waals surface area contributed by atoms with Crippen LogP contribution in [0, 0.1) is 0 Å². The van der Waals surface area contributed by atoms with Crippen LogP contribution in [-0.2, 0) is 29.6 Å². The molecule has 1 N–H and O–H groups in total. The second-order valence-electron chi connectivity index (χ2n) is 6.56. The molecule has 0 aliphatic carbocycles. The van der Waals surface area contributed by atoms with Crippen LogP contribution < -0.4 is 4.72 Å². The van der Waals surface area contributed by atoms with Gasteiger partial charge >= 0.3 is 0 Å². The molecule has 1 aliphatic heterocycles. The zero-order valence-electron chi connectivity index (χ0n) is 14.6. The lowest BCUT2D eigenvalue weighted by Crippen LogP contribution is -2.43. The molecule has 0 unspecified atom stereocenters. The minimum absolute atomic E-state index is 0.220. The van der Waals surface area contributed by atoms with Crippen molar-refractivity contribution in [2.75, 3.05) is 13.1 Å². The van der Waals surface area contributed by atoms with Crippen molar-refractivity contribution in [2.24, 2.45) is 0 Å². The molecule has 3 rings (SSSR count). The van der Waals surface area contributed by atoms with Crippen LogP contribution in [0.25, 0.3) is 0 Å². The first kappa shape index (κ1) is 18.0. The van der Waals surface area contributed by atoms with Gasteiger partial charge in [-0.05, 0) is 24.0 Å². The Hall–Kier alpha value is -1.77. The summed E-state index contributed by atoms with van der Waals surface area (Å²) >= 11 is 0. The fourth-order valence-corrected chi connectivity index (χ4v) is 4.04. The van der Waals surface area contributed by atoms with Crippen LogP contribution in [0.15, 0.2) is 28.8 Å². The monoisotopic (exact) mass is 364 g/mol. The number of benzene rings is 1. The summed E-state index contributed by atoms with van der Waals surface area (Å²) in [6.45, 7) is 5.28. The molecule has 0 saturated carbocycles. The van der Waals surface area contributed by atoms with Crippen LogP contribution in [0.4, 0.5) is 0 Å². The van der Waals surface area contributed by atoms with E-state index in [9.17, 15) is 8.42 Å². The topological polar surface area (TPSA) is 88.3 Å². The Labute approximate surface area is 148 Å². The molecule has 2 aromatic rings. The van der Waals surface area contributed by atoms with Crippen molar-refractivity contribution in [1.29, 1.82) is 0 Å². The van der Waals surface area contributed by atoms with Gasteiger partial charge in [-0.15, -0.1) is 0 Å². The van der Waals surface area contributed by atoms with Crippen LogP contribution in [0.5, 0.6) is 0 Å². The molecular formula is C17H24N4O3S. The summed E-state index contributed by atoms with van der Waals surface area (Å²) in [6.07, 6.45) is 1.92. The highest BCUT2D eigenvalue weighted by Gasteiger charge is 2.25. The SMILES string of the molecule is CC(C)c1noc(CCCNS(=O)(=O)N2CCc3ccccc3C2)n1. The van der Waals surface area contributed by atoms with Gasteiger partial charge in [-0.25, -0.2) is 4.72 Å². The molecule has 1 aromatic heterocycles. The third kappa shape index (κ3) is 4.45. The van der Waals surface area contributed by atoms with Crippen LogP contribution in [0.2, 0.25) is 0 Å². The molecule has 8 heteroatoms. The summed E-state index contributed by atoms with van der Waals surface area (Å²) in [5.74, 6) is 1.45. The average Bonchev–Trinajstić information content (AvgIpc) is 3.07. The maximum atomic E-state index is 12.5. The summed E-state index contributed by atoms with van der Waals surface area (Å²) in [5.41, 5.74) is 2.30. The summed E-state index contributed by atoms with van der Waals surface area (Å²) in [6, 6.07) is 7.98. The minimum Gasteiger partial charge on any atom is -0.339 e. The Balaban J connectivity index is 1.49. The lowest BCUT2D eigenvalue weighted by Gasteiger charge is -2.28. The van der Waals surface area contributed by atoms with Gasteiger partial charge in [-0.2, -0.15) is 17.7 Å². The molecule has 1 aromatic carbocycles. The highest BCUT2D eigenvalue weighted by atomic mass is 32.2. The number of nitrogens with zero attached hydrogens (tertiary/aromatic N) is 3. The van der Waals surface area contributed by atoms with E-state index in [0.717, 1.165) is 12.0 Å². The number of hydrogen-bond donors (Lipinski definition) is 1. The van der Waals surface area contributed by atoms with E-state index in [1.54, 1.807) is 0 Å². The molecule has 7 nitrogen and oxygen atoms in total. The van der Waals surface area contributed by atoms with Gasteiger partial charge in [0, 0.05) is 32.0 Å².